The smallest absolute Gasteiger partial charge is 0.415 e. The highest BCUT2D eigenvalue weighted by Crippen LogP contribution is 2.27. The Bertz CT molecular complexity index is 357. The Labute approximate surface area is 89.6 Å². The number of alkyl halides is 3. The van der Waals surface area contributed by atoms with Gasteiger partial charge in [-0.1, -0.05) is 0 Å². The summed E-state index contributed by atoms with van der Waals surface area (Å²) in [6.45, 7) is 0.485. The molecule has 3 N–H and O–H groups in total. The van der Waals surface area contributed by atoms with Gasteiger partial charge in [-0.25, -0.2) is 0 Å². The normalized spacial score (nSPS) is 15.6. The summed E-state index contributed by atoms with van der Waals surface area (Å²) >= 11 is 0. The number of carbonyl (C=O) groups is 1. The summed E-state index contributed by atoms with van der Waals surface area (Å²) in [4.78, 5) is 11.2. The third kappa shape index (κ3) is 2.54. The summed E-state index contributed by atoms with van der Waals surface area (Å²) in [6.07, 6.45) is -3.44. The van der Waals surface area contributed by atoms with Gasteiger partial charge in [0.1, 0.15) is 5.76 Å². The summed E-state index contributed by atoms with van der Waals surface area (Å²) < 4.78 is 41.9. The van der Waals surface area contributed by atoms with Crippen molar-refractivity contribution in [3.8, 4) is 0 Å². The lowest BCUT2D eigenvalue weighted by atomic mass is 10.0. The molecule has 1 amide bonds. The Morgan fingerprint density at radius 1 is 1.56 bits per heavy atom. The van der Waals surface area contributed by atoms with Gasteiger partial charge in [0.05, 0.1) is 12.8 Å². The molecule has 1 aromatic rings. The minimum atomic E-state index is -4.79. The molecule has 1 aromatic heterocycles. The van der Waals surface area contributed by atoms with Crippen LogP contribution in [0.5, 0.6) is 0 Å². The summed E-state index contributed by atoms with van der Waals surface area (Å²) in [5.74, 6) is -0.942. The van der Waals surface area contributed by atoms with E-state index in [1.807, 2.05) is 0 Å². The lowest BCUT2D eigenvalue weighted by Crippen LogP contribution is -2.61. The summed E-state index contributed by atoms with van der Waals surface area (Å²) in [6, 6.07) is 3.09. The average Bonchev–Trinajstić information content (AvgIpc) is 2.64. The van der Waals surface area contributed by atoms with Gasteiger partial charge in [-0.2, -0.15) is 13.2 Å². The molecule has 0 saturated heterocycles. The zero-order valence-electron chi connectivity index (χ0n) is 8.47. The number of nitrogens with one attached hydrogen (secondary N) is 1. The molecule has 1 heterocycles. The van der Waals surface area contributed by atoms with E-state index in [1.165, 1.54) is 12.3 Å². The first-order valence-corrected chi connectivity index (χ1v) is 4.41. The molecule has 90 valence electrons. The number of hydrogen-bond acceptors (Lipinski definition) is 3. The van der Waals surface area contributed by atoms with Crippen LogP contribution in [0.1, 0.15) is 12.7 Å². The number of halogens is 3. The fourth-order valence-corrected chi connectivity index (χ4v) is 0.893. The van der Waals surface area contributed by atoms with E-state index in [1.54, 1.807) is 6.07 Å². The van der Waals surface area contributed by atoms with E-state index >= 15 is 0 Å². The maximum Gasteiger partial charge on any atom is 0.415 e. The molecule has 0 aromatic carbocycles. The SMILES string of the molecule is CC(N)(C(=O)NCc1ccco1)C(F)(F)F. The topological polar surface area (TPSA) is 68.3 Å². The second-order valence-corrected chi connectivity index (χ2v) is 3.46. The Balaban J connectivity index is 2.59. The summed E-state index contributed by atoms with van der Waals surface area (Å²) in [5, 5.41) is 2.05. The number of nitrogens with two attached hydrogens (primary N) is 1. The van der Waals surface area contributed by atoms with Gasteiger partial charge in [-0.05, 0) is 19.1 Å². The van der Waals surface area contributed by atoms with Gasteiger partial charge >= 0.3 is 6.18 Å². The number of carbonyl (C=O) groups excluding carboxylic acids is 1. The first-order chi connectivity index (χ1) is 7.25. The largest absolute Gasteiger partial charge is 0.467 e. The van der Waals surface area contributed by atoms with Crippen LogP contribution >= 0.6 is 0 Å². The Morgan fingerprint density at radius 2 is 2.19 bits per heavy atom. The van der Waals surface area contributed by atoms with Crippen molar-refractivity contribution < 1.29 is 22.4 Å². The average molecular weight is 236 g/mol. The summed E-state index contributed by atoms with van der Waals surface area (Å²) in [5.41, 5.74) is 2.01. The first kappa shape index (κ1) is 12.6. The minimum Gasteiger partial charge on any atom is -0.467 e. The molecular weight excluding hydrogens is 225 g/mol. The number of hydrogen-bond donors (Lipinski definition) is 2. The molecule has 1 unspecified atom stereocenters. The molecule has 1 atom stereocenters. The van der Waals surface area contributed by atoms with Crippen molar-refractivity contribution in [3.63, 3.8) is 0 Å². The molecule has 0 aliphatic rings. The van der Waals surface area contributed by atoms with E-state index in [2.05, 4.69) is 5.32 Å². The molecule has 0 spiro atoms. The fourth-order valence-electron chi connectivity index (χ4n) is 0.893. The first-order valence-electron chi connectivity index (χ1n) is 4.41. The molecule has 0 fully saturated rings. The summed E-state index contributed by atoms with van der Waals surface area (Å²) in [7, 11) is 0. The molecule has 7 heteroatoms. The highest BCUT2D eigenvalue weighted by Gasteiger charge is 2.53. The van der Waals surface area contributed by atoms with Gasteiger partial charge in [0, 0.05) is 0 Å². The van der Waals surface area contributed by atoms with Crippen molar-refractivity contribution in [1.29, 1.82) is 0 Å². The van der Waals surface area contributed by atoms with Crippen LogP contribution in [-0.2, 0) is 11.3 Å². The van der Waals surface area contributed by atoms with Gasteiger partial charge in [0.2, 0.25) is 5.91 Å². The molecule has 0 aliphatic carbocycles. The zero-order valence-corrected chi connectivity index (χ0v) is 8.47. The molecule has 1 rings (SSSR count). The van der Waals surface area contributed by atoms with Gasteiger partial charge in [0.25, 0.3) is 0 Å². The maximum absolute atomic E-state index is 12.3. The zero-order chi connectivity index (χ0) is 12.4. The number of rotatable bonds is 3. The van der Waals surface area contributed by atoms with Gasteiger partial charge in [-0.3, -0.25) is 4.79 Å². The Hall–Kier alpha value is -1.50. The van der Waals surface area contributed by atoms with Crippen LogP contribution in [0.25, 0.3) is 0 Å². The van der Waals surface area contributed by atoms with E-state index in [0.717, 1.165) is 0 Å². The molecular formula is C9H11F3N2O2. The fraction of sp³-hybridized carbons (Fsp3) is 0.444. The highest BCUT2D eigenvalue weighted by molar-refractivity contribution is 5.86. The van der Waals surface area contributed by atoms with Crippen molar-refractivity contribution in [1.82, 2.24) is 5.32 Å². The second kappa shape index (κ2) is 4.17. The van der Waals surface area contributed by atoms with Gasteiger partial charge < -0.3 is 15.5 Å². The molecule has 0 saturated carbocycles. The standard InChI is InChI=1S/C9H11F3N2O2/c1-8(13,9(10,11)12)7(15)14-5-6-3-2-4-16-6/h2-4H,5,13H2,1H3,(H,14,15). The van der Waals surface area contributed by atoms with Crippen molar-refractivity contribution >= 4 is 5.91 Å². The Morgan fingerprint density at radius 3 is 2.62 bits per heavy atom. The van der Waals surface area contributed by atoms with Gasteiger partial charge in [0.15, 0.2) is 5.54 Å². The number of amides is 1. The van der Waals surface area contributed by atoms with Crippen molar-refractivity contribution in [2.45, 2.75) is 25.2 Å². The van der Waals surface area contributed by atoms with Gasteiger partial charge in [-0.15, -0.1) is 0 Å². The van der Waals surface area contributed by atoms with E-state index < -0.39 is 17.6 Å². The highest BCUT2D eigenvalue weighted by atomic mass is 19.4. The third-order valence-electron chi connectivity index (χ3n) is 2.06. The lowest BCUT2D eigenvalue weighted by molar-refractivity contribution is -0.187. The minimum absolute atomic E-state index is 0.130. The van der Waals surface area contributed by atoms with E-state index in [9.17, 15) is 18.0 Å². The van der Waals surface area contributed by atoms with Crippen LogP contribution in [0, 0.1) is 0 Å². The second-order valence-electron chi connectivity index (χ2n) is 3.46. The van der Waals surface area contributed by atoms with Crippen molar-refractivity contribution in [3.05, 3.63) is 24.2 Å². The van der Waals surface area contributed by atoms with E-state index in [-0.39, 0.29) is 6.54 Å². The van der Waals surface area contributed by atoms with Crippen molar-refractivity contribution in [2.24, 2.45) is 5.73 Å². The van der Waals surface area contributed by atoms with Crippen LogP contribution in [0.4, 0.5) is 13.2 Å². The molecule has 16 heavy (non-hydrogen) atoms. The molecule has 0 bridgehead atoms. The molecule has 0 radical (unpaired) electrons. The quantitative estimate of drug-likeness (QED) is 0.827. The van der Waals surface area contributed by atoms with Crippen molar-refractivity contribution in [2.75, 3.05) is 0 Å². The van der Waals surface area contributed by atoms with Crippen LogP contribution in [0.15, 0.2) is 22.8 Å². The lowest BCUT2D eigenvalue weighted by Gasteiger charge is -2.25. The predicted molar refractivity (Wildman–Crippen MR) is 49.2 cm³/mol. The number of furan rings is 1. The molecule has 0 aliphatic heterocycles. The predicted octanol–water partition coefficient (Wildman–Crippen LogP) is 1.18. The van der Waals surface area contributed by atoms with Crippen LogP contribution in [-0.4, -0.2) is 17.6 Å². The Kier molecular flexibility index (Phi) is 3.27. The molecule has 4 nitrogen and oxygen atoms in total. The van der Waals surface area contributed by atoms with E-state index in [4.69, 9.17) is 10.2 Å². The third-order valence-corrected chi connectivity index (χ3v) is 2.06. The van der Waals surface area contributed by atoms with Crippen LogP contribution < -0.4 is 11.1 Å². The van der Waals surface area contributed by atoms with E-state index in [0.29, 0.717) is 12.7 Å². The van der Waals surface area contributed by atoms with Crippen LogP contribution in [0.3, 0.4) is 0 Å². The maximum atomic E-state index is 12.3. The monoisotopic (exact) mass is 236 g/mol. The van der Waals surface area contributed by atoms with Crippen LogP contribution in [0.2, 0.25) is 0 Å².